The van der Waals surface area contributed by atoms with Gasteiger partial charge in [-0.25, -0.2) is 4.79 Å². The van der Waals surface area contributed by atoms with Gasteiger partial charge in [0, 0.05) is 11.0 Å². The third kappa shape index (κ3) is 2.86. The van der Waals surface area contributed by atoms with Crippen LogP contribution >= 0.6 is 23.2 Å². The molecule has 0 atom stereocenters. The van der Waals surface area contributed by atoms with Crippen LogP contribution in [0.3, 0.4) is 0 Å². The molecule has 1 aliphatic rings. The first-order valence-electron chi connectivity index (χ1n) is 7.53. The van der Waals surface area contributed by atoms with Gasteiger partial charge in [0.2, 0.25) is 0 Å². The Balaban J connectivity index is 3.80. The highest BCUT2D eigenvalue weighted by Gasteiger charge is 2.80. The summed E-state index contributed by atoms with van der Waals surface area (Å²) in [5, 5.41) is 23.4. The number of hydrogen-bond acceptors (Lipinski definition) is 6. The van der Waals surface area contributed by atoms with Gasteiger partial charge >= 0.3 is 11.6 Å². The molecule has 10 heteroatoms. The number of rotatable bonds is 7. The van der Waals surface area contributed by atoms with Crippen LogP contribution in [0.4, 0.5) is 0 Å². The maximum atomic E-state index is 12.0. The fourth-order valence-corrected chi connectivity index (χ4v) is 4.31. The van der Waals surface area contributed by atoms with Crippen molar-refractivity contribution in [2.75, 3.05) is 7.11 Å². The molecule has 1 rings (SSSR count). The number of halogens is 2. The number of ether oxygens (including phenoxy) is 1. The number of nitrogens with zero attached hydrogens (tertiary/aromatic N) is 2. The number of alkyl halides is 2. The summed E-state index contributed by atoms with van der Waals surface area (Å²) in [5.74, 6) is -0.858. The third-order valence-electron chi connectivity index (χ3n) is 4.46. The second kappa shape index (κ2) is 7.23. The van der Waals surface area contributed by atoms with Crippen molar-refractivity contribution in [1.29, 1.82) is 0 Å². The molecule has 0 aromatic carbocycles. The van der Waals surface area contributed by atoms with E-state index in [-0.39, 0.29) is 18.4 Å². The van der Waals surface area contributed by atoms with Crippen LogP contribution in [0.2, 0.25) is 0 Å². The molecular weight excluding hydrogens is 363 g/mol. The Labute approximate surface area is 149 Å². The molecule has 136 valence electrons. The first-order valence-corrected chi connectivity index (χ1v) is 8.28. The molecule has 0 bridgehead atoms. The fourth-order valence-electron chi connectivity index (χ4n) is 3.41. The van der Waals surface area contributed by atoms with Gasteiger partial charge in [0.25, 0.3) is 4.33 Å². The van der Waals surface area contributed by atoms with Gasteiger partial charge in [-0.3, -0.25) is 20.2 Å². The molecule has 0 aromatic rings. The molecule has 0 radical (unpaired) electrons. The van der Waals surface area contributed by atoms with Crippen molar-refractivity contribution >= 4 is 29.2 Å². The number of hydrogen-bond donors (Lipinski definition) is 0. The van der Waals surface area contributed by atoms with E-state index in [4.69, 9.17) is 23.2 Å². The monoisotopic (exact) mass is 382 g/mol. The summed E-state index contributed by atoms with van der Waals surface area (Å²) in [4.78, 5) is 33.2. The molecule has 0 aliphatic heterocycles. The summed E-state index contributed by atoms with van der Waals surface area (Å²) in [5.41, 5.74) is -4.37. The van der Waals surface area contributed by atoms with E-state index in [1.165, 1.54) is 6.08 Å². The zero-order chi connectivity index (χ0) is 18.8. The van der Waals surface area contributed by atoms with Crippen molar-refractivity contribution in [2.45, 2.75) is 55.9 Å². The Morgan fingerprint density at radius 2 is 1.67 bits per heavy atom. The molecule has 0 saturated carbocycles. The van der Waals surface area contributed by atoms with E-state index in [0.29, 0.717) is 12.8 Å². The van der Waals surface area contributed by atoms with Crippen LogP contribution in [0.25, 0.3) is 0 Å². The van der Waals surface area contributed by atoms with E-state index in [0.717, 1.165) is 7.11 Å². The lowest BCUT2D eigenvalue weighted by atomic mass is 9.65. The van der Waals surface area contributed by atoms with Crippen LogP contribution in [0.15, 0.2) is 11.6 Å². The van der Waals surface area contributed by atoms with Gasteiger partial charge in [0.05, 0.1) is 7.11 Å². The van der Waals surface area contributed by atoms with Gasteiger partial charge in [0.1, 0.15) is 16.3 Å². The molecule has 0 spiro atoms. The van der Waals surface area contributed by atoms with Crippen molar-refractivity contribution in [3.8, 4) is 0 Å². The molecule has 24 heavy (non-hydrogen) atoms. The highest BCUT2D eigenvalue weighted by Crippen LogP contribution is 2.60. The summed E-state index contributed by atoms with van der Waals surface area (Å²) in [6.07, 6.45) is 2.18. The van der Waals surface area contributed by atoms with E-state index >= 15 is 0 Å². The molecule has 0 saturated heterocycles. The van der Waals surface area contributed by atoms with Gasteiger partial charge in [-0.1, -0.05) is 56.0 Å². The molecule has 1 aliphatic carbocycles. The molecule has 0 N–H and O–H groups in total. The second-order valence-electron chi connectivity index (χ2n) is 5.90. The Morgan fingerprint density at radius 1 is 1.21 bits per heavy atom. The Bertz CT molecular complexity index is 556. The van der Waals surface area contributed by atoms with Gasteiger partial charge in [-0.15, -0.1) is 0 Å². The summed E-state index contributed by atoms with van der Waals surface area (Å²) in [6.45, 7) is 3.61. The topological polar surface area (TPSA) is 113 Å². The molecule has 0 heterocycles. The number of carbonyl (C=O) groups is 1. The zero-order valence-electron chi connectivity index (χ0n) is 13.7. The fraction of sp³-hybridized carbons (Fsp3) is 0.786. The van der Waals surface area contributed by atoms with Crippen LogP contribution in [0.1, 0.15) is 46.0 Å². The minimum absolute atomic E-state index is 0.148. The molecule has 0 fully saturated rings. The largest absolute Gasteiger partial charge is 0.495 e. The minimum Gasteiger partial charge on any atom is -0.466 e. The van der Waals surface area contributed by atoms with Gasteiger partial charge in [0.15, 0.2) is 0 Å². The van der Waals surface area contributed by atoms with Crippen molar-refractivity contribution in [3.63, 3.8) is 0 Å². The quantitative estimate of drug-likeness (QED) is 0.219. The number of esters is 1. The third-order valence-corrected chi connectivity index (χ3v) is 5.82. The first-order chi connectivity index (χ1) is 11.1. The number of nitro groups is 2. The normalized spacial score (nSPS) is 20.8. The van der Waals surface area contributed by atoms with Gasteiger partial charge in [-0.2, -0.15) is 0 Å². The van der Waals surface area contributed by atoms with Gasteiger partial charge in [-0.05, 0) is 12.8 Å². The number of carbonyl (C=O) groups excluding carboxylic acids is 1. The lowest BCUT2D eigenvalue weighted by molar-refractivity contribution is -0.801. The Morgan fingerprint density at radius 3 is 2.00 bits per heavy atom. The maximum Gasteiger partial charge on any atom is 0.495 e. The van der Waals surface area contributed by atoms with Crippen LogP contribution in [0.5, 0.6) is 0 Å². The predicted octanol–water partition coefficient (Wildman–Crippen LogP) is 3.50. The van der Waals surface area contributed by atoms with Crippen molar-refractivity contribution < 1.29 is 19.4 Å². The Kier molecular flexibility index (Phi) is 6.21. The Hall–Kier alpha value is -1.41. The van der Waals surface area contributed by atoms with Crippen molar-refractivity contribution in [2.24, 2.45) is 5.41 Å². The summed E-state index contributed by atoms with van der Waals surface area (Å²) in [7, 11) is 1.10. The molecule has 0 aromatic heterocycles. The highest BCUT2D eigenvalue weighted by atomic mass is 35.5. The lowest BCUT2D eigenvalue weighted by Crippen LogP contribution is -2.67. The van der Waals surface area contributed by atoms with E-state index in [2.05, 4.69) is 4.74 Å². The predicted molar refractivity (Wildman–Crippen MR) is 88.1 cm³/mol. The highest BCUT2D eigenvalue weighted by molar-refractivity contribution is 6.50. The van der Waals surface area contributed by atoms with Crippen LogP contribution in [-0.2, 0) is 9.53 Å². The SMILES string of the molecule is CCCC1(CCC)C=C(C(=O)OC)CC([N+](=O)[O-])([N+](=O)[O-])C1(Cl)Cl. The van der Waals surface area contributed by atoms with Crippen LogP contribution < -0.4 is 0 Å². The molecule has 0 unspecified atom stereocenters. The van der Waals surface area contributed by atoms with E-state index in [1.807, 2.05) is 13.8 Å². The van der Waals surface area contributed by atoms with Crippen molar-refractivity contribution in [3.05, 3.63) is 31.9 Å². The average molecular weight is 383 g/mol. The zero-order valence-corrected chi connectivity index (χ0v) is 15.2. The van der Waals surface area contributed by atoms with Crippen molar-refractivity contribution in [1.82, 2.24) is 0 Å². The van der Waals surface area contributed by atoms with Crippen LogP contribution in [-0.4, -0.2) is 32.9 Å². The van der Waals surface area contributed by atoms with E-state index < -0.39 is 37.6 Å². The van der Waals surface area contributed by atoms with E-state index in [1.54, 1.807) is 0 Å². The molecule has 8 nitrogen and oxygen atoms in total. The molecule has 0 amide bonds. The average Bonchev–Trinajstić information content (AvgIpc) is 2.48. The molecular formula is C14H20Cl2N2O6. The number of allylic oxidation sites excluding steroid dienone is 1. The number of methoxy groups -OCH3 is 1. The minimum atomic E-state index is -2.93. The smallest absolute Gasteiger partial charge is 0.466 e. The standard InChI is InChI=1S/C14H20Cl2N2O6/c1-4-6-12(7-5-2)8-10(11(19)24-3)9-13(17(20)21,18(22)23)14(12,15)16/h8H,4-7,9H2,1-3H3. The summed E-state index contributed by atoms with van der Waals surface area (Å²) >= 11 is 12.7. The first kappa shape index (κ1) is 20.6. The summed E-state index contributed by atoms with van der Waals surface area (Å²) < 4.78 is 2.30. The van der Waals surface area contributed by atoms with Gasteiger partial charge < -0.3 is 4.74 Å². The van der Waals surface area contributed by atoms with E-state index in [9.17, 15) is 25.0 Å². The maximum absolute atomic E-state index is 12.0. The summed E-state index contributed by atoms with van der Waals surface area (Å²) in [6, 6.07) is 0. The second-order valence-corrected chi connectivity index (χ2v) is 7.23. The van der Waals surface area contributed by atoms with Crippen LogP contribution in [0, 0.1) is 25.6 Å². The lowest BCUT2D eigenvalue weighted by Gasteiger charge is -2.46.